The number of nitrogens with zero attached hydrogens (tertiary/aromatic N) is 1. The number of nitro benzene ring substituents is 1. The molecule has 0 saturated carbocycles. The molecular formula is C13H16N2O5. The summed E-state index contributed by atoms with van der Waals surface area (Å²) in [6, 6.07) is 3.98. The van der Waals surface area contributed by atoms with E-state index in [4.69, 9.17) is 4.74 Å². The molecule has 0 aliphatic rings. The van der Waals surface area contributed by atoms with Crippen molar-refractivity contribution in [3.8, 4) is 5.75 Å². The number of nitrogens with one attached hydrogen (secondary N) is 1. The van der Waals surface area contributed by atoms with E-state index in [0.29, 0.717) is 12.8 Å². The van der Waals surface area contributed by atoms with Crippen molar-refractivity contribution in [1.82, 2.24) is 5.32 Å². The smallest absolute Gasteiger partial charge is 0.311 e. The number of benzene rings is 1. The lowest BCUT2D eigenvalue weighted by atomic mass is 10.1. The molecule has 1 rings (SSSR count). The maximum Gasteiger partial charge on any atom is 0.311 e. The van der Waals surface area contributed by atoms with Crippen molar-refractivity contribution in [2.75, 3.05) is 13.7 Å². The largest absolute Gasteiger partial charge is 0.477 e. The average molecular weight is 280 g/mol. The van der Waals surface area contributed by atoms with E-state index in [1.807, 2.05) is 6.92 Å². The molecule has 20 heavy (non-hydrogen) atoms. The van der Waals surface area contributed by atoms with Gasteiger partial charge in [-0.1, -0.05) is 6.92 Å². The molecule has 0 radical (unpaired) electrons. The highest BCUT2D eigenvalue weighted by molar-refractivity contribution is 5.96. The van der Waals surface area contributed by atoms with Crippen molar-refractivity contribution in [3.05, 3.63) is 33.9 Å². The fourth-order valence-electron chi connectivity index (χ4n) is 1.54. The number of rotatable bonds is 7. The zero-order valence-electron chi connectivity index (χ0n) is 11.3. The van der Waals surface area contributed by atoms with Crippen molar-refractivity contribution < 1.29 is 19.2 Å². The standard InChI is InChI=1S/C13H16N2O5/c1-3-4-11(16)9-5-6-12(10(7-9)15(18)19)20-8-13(17)14-2/h5-7H,3-4,8H2,1-2H3,(H,14,17). The van der Waals surface area contributed by atoms with Gasteiger partial charge in [0.2, 0.25) is 0 Å². The fourth-order valence-corrected chi connectivity index (χ4v) is 1.54. The van der Waals surface area contributed by atoms with Crippen LogP contribution in [0.3, 0.4) is 0 Å². The van der Waals surface area contributed by atoms with Crippen LogP contribution in [0.4, 0.5) is 5.69 Å². The number of amides is 1. The topological polar surface area (TPSA) is 98.5 Å². The Kier molecular flexibility index (Phi) is 5.64. The van der Waals surface area contributed by atoms with Crippen molar-refractivity contribution >= 4 is 17.4 Å². The van der Waals surface area contributed by atoms with E-state index < -0.39 is 10.8 Å². The summed E-state index contributed by atoms with van der Waals surface area (Å²) >= 11 is 0. The van der Waals surface area contributed by atoms with Crippen molar-refractivity contribution in [2.45, 2.75) is 19.8 Å². The Balaban J connectivity index is 2.99. The van der Waals surface area contributed by atoms with Crippen molar-refractivity contribution in [1.29, 1.82) is 0 Å². The zero-order chi connectivity index (χ0) is 15.1. The summed E-state index contributed by atoms with van der Waals surface area (Å²) in [5, 5.41) is 13.3. The number of hydrogen-bond acceptors (Lipinski definition) is 5. The van der Waals surface area contributed by atoms with Crippen LogP contribution in [0.15, 0.2) is 18.2 Å². The van der Waals surface area contributed by atoms with E-state index in [2.05, 4.69) is 5.32 Å². The Morgan fingerprint density at radius 3 is 2.65 bits per heavy atom. The normalized spacial score (nSPS) is 9.90. The first-order chi connectivity index (χ1) is 9.49. The molecule has 1 amide bonds. The number of likely N-dealkylation sites (N-methyl/N-ethyl adjacent to an activating group) is 1. The number of nitro groups is 1. The number of ether oxygens (including phenoxy) is 1. The molecule has 1 aromatic rings. The lowest BCUT2D eigenvalue weighted by Gasteiger charge is -2.07. The van der Waals surface area contributed by atoms with Crippen LogP contribution in [-0.2, 0) is 4.79 Å². The molecule has 0 aromatic heterocycles. The van der Waals surface area contributed by atoms with Gasteiger partial charge in [0.25, 0.3) is 5.91 Å². The van der Waals surface area contributed by atoms with Gasteiger partial charge in [-0.3, -0.25) is 19.7 Å². The van der Waals surface area contributed by atoms with E-state index in [1.165, 1.54) is 25.2 Å². The Morgan fingerprint density at radius 1 is 1.40 bits per heavy atom. The first-order valence-corrected chi connectivity index (χ1v) is 6.14. The number of hydrogen-bond donors (Lipinski definition) is 1. The van der Waals surface area contributed by atoms with Gasteiger partial charge in [0, 0.05) is 25.1 Å². The van der Waals surface area contributed by atoms with Gasteiger partial charge in [-0.15, -0.1) is 0 Å². The van der Waals surface area contributed by atoms with Crippen molar-refractivity contribution in [2.24, 2.45) is 0 Å². The number of carbonyl (C=O) groups is 2. The summed E-state index contributed by atoms with van der Waals surface area (Å²) in [6.45, 7) is 1.53. The second-order valence-corrected chi connectivity index (χ2v) is 4.07. The molecule has 1 aromatic carbocycles. The predicted octanol–water partition coefficient (Wildman–Crippen LogP) is 1.70. The third-order valence-corrected chi connectivity index (χ3v) is 2.59. The Hall–Kier alpha value is -2.44. The maximum absolute atomic E-state index is 11.7. The fraction of sp³-hybridized carbons (Fsp3) is 0.385. The van der Waals surface area contributed by atoms with Crippen LogP contribution in [0.2, 0.25) is 0 Å². The maximum atomic E-state index is 11.7. The molecule has 0 saturated heterocycles. The van der Waals surface area contributed by atoms with E-state index in [9.17, 15) is 19.7 Å². The van der Waals surface area contributed by atoms with Gasteiger partial charge in [0.05, 0.1) is 4.92 Å². The second kappa shape index (κ2) is 7.22. The van der Waals surface area contributed by atoms with Gasteiger partial charge < -0.3 is 10.1 Å². The molecule has 7 heteroatoms. The number of ketones is 1. The molecule has 0 unspecified atom stereocenters. The Bertz CT molecular complexity index is 527. The minimum atomic E-state index is -0.637. The highest BCUT2D eigenvalue weighted by Gasteiger charge is 2.19. The number of carbonyl (C=O) groups excluding carboxylic acids is 2. The minimum Gasteiger partial charge on any atom is -0.477 e. The van der Waals surface area contributed by atoms with E-state index in [-0.39, 0.29) is 29.4 Å². The molecule has 108 valence electrons. The van der Waals surface area contributed by atoms with E-state index in [1.54, 1.807) is 0 Å². The molecule has 0 atom stereocenters. The van der Waals surface area contributed by atoms with Crippen molar-refractivity contribution in [3.63, 3.8) is 0 Å². The summed E-state index contributed by atoms with van der Waals surface area (Å²) in [5.41, 5.74) is -0.0540. The first-order valence-electron chi connectivity index (χ1n) is 6.14. The molecule has 0 aliphatic heterocycles. The van der Waals surface area contributed by atoms with Crippen LogP contribution in [0.5, 0.6) is 5.75 Å². The van der Waals surface area contributed by atoms with Gasteiger partial charge >= 0.3 is 5.69 Å². The van der Waals surface area contributed by atoms with Crippen LogP contribution in [0, 0.1) is 10.1 Å². The molecule has 0 fully saturated rings. The summed E-state index contributed by atoms with van der Waals surface area (Å²) < 4.78 is 5.08. The zero-order valence-corrected chi connectivity index (χ0v) is 11.3. The SMILES string of the molecule is CCCC(=O)c1ccc(OCC(=O)NC)c([N+](=O)[O-])c1. The van der Waals surface area contributed by atoms with Gasteiger partial charge in [0.15, 0.2) is 18.1 Å². The molecule has 0 bridgehead atoms. The third kappa shape index (κ3) is 4.04. The molecular weight excluding hydrogens is 264 g/mol. The van der Waals surface area contributed by atoms with Crippen LogP contribution in [0.1, 0.15) is 30.1 Å². The first kappa shape index (κ1) is 15.6. The Morgan fingerprint density at radius 2 is 2.10 bits per heavy atom. The van der Waals surface area contributed by atoms with Gasteiger partial charge in [0.1, 0.15) is 0 Å². The molecule has 0 aliphatic carbocycles. The van der Waals surface area contributed by atoms with E-state index in [0.717, 1.165) is 0 Å². The lowest BCUT2D eigenvalue weighted by Crippen LogP contribution is -2.25. The monoisotopic (exact) mass is 280 g/mol. The average Bonchev–Trinajstić information content (AvgIpc) is 2.44. The predicted molar refractivity (Wildman–Crippen MR) is 71.9 cm³/mol. The lowest BCUT2D eigenvalue weighted by molar-refractivity contribution is -0.385. The molecule has 7 nitrogen and oxygen atoms in total. The quantitative estimate of drug-likeness (QED) is 0.465. The number of Topliss-reactive ketones (excluding diaryl/α,β-unsaturated/α-hetero) is 1. The second-order valence-electron chi connectivity index (χ2n) is 4.07. The minimum absolute atomic E-state index is 0.0355. The van der Waals surface area contributed by atoms with Gasteiger partial charge in [-0.25, -0.2) is 0 Å². The summed E-state index contributed by atoms with van der Waals surface area (Å²) in [5.74, 6) is -0.592. The summed E-state index contributed by atoms with van der Waals surface area (Å²) in [4.78, 5) is 33.1. The summed E-state index contributed by atoms with van der Waals surface area (Å²) in [7, 11) is 1.44. The van der Waals surface area contributed by atoms with Gasteiger partial charge in [-0.05, 0) is 18.6 Å². The molecule has 1 N–H and O–H groups in total. The third-order valence-electron chi connectivity index (χ3n) is 2.59. The highest BCUT2D eigenvalue weighted by atomic mass is 16.6. The highest BCUT2D eigenvalue weighted by Crippen LogP contribution is 2.28. The molecule has 0 heterocycles. The van der Waals surface area contributed by atoms with Crippen LogP contribution >= 0.6 is 0 Å². The summed E-state index contributed by atoms with van der Waals surface area (Å²) in [6.07, 6.45) is 0.997. The van der Waals surface area contributed by atoms with Gasteiger partial charge in [-0.2, -0.15) is 0 Å². The molecule has 0 spiro atoms. The Labute approximate surface area is 116 Å². The van der Waals surface area contributed by atoms with Crippen LogP contribution in [0.25, 0.3) is 0 Å². The van der Waals surface area contributed by atoms with Crippen LogP contribution in [-0.4, -0.2) is 30.3 Å². The van der Waals surface area contributed by atoms with E-state index >= 15 is 0 Å². The van der Waals surface area contributed by atoms with Crippen LogP contribution < -0.4 is 10.1 Å².